The van der Waals surface area contributed by atoms with E-state index in [1.807, 2.05) is 0 Å². The standard InChI is InChI=1S/C20H33NO12/c1-30-19(29)21-7-2-3-15(22)11-20(12-31-8-4-16(23)24,13-32-9-5-17(25)26)14-33-10-6-18(27)28/h2-14H2,1H3,(H,21,29)(H,23,24)(H,25,26)(H,27,28). The van der Waals surface area contributed by atoms with Crippen LogP contribution in [0.2, 0.25) is 0 Å². The molecule has 0 fully saturated rings. The summed E-state index contributed by atoms with van der Waals surface area (Å²) in [5.74, 6) is -3.41. The first-order valence-corrected chi connectivity index (χ1v) is 10.3. The van der Waals surface area contributed by atoms with Crippen molar-refractivity contribution >= 4 is 29.8 Å². The van der Waals surface area contributed by atoms with Crippen molar-refractivity contribution in [2.45, 2.75) is 38.5 Å². The predicted octanol–water partition coefficient (Wildman–Crippen LogP) is 0.542. The lowest BCUT2D eigenvalue weighted by molar-refractivity contribution is -0.142. The van der Waals surface area contributed by atoms with E-state index in [-0.39, 0.29) is 84.1 Å². The Bertz CT molecular complexity index is 581. The fraction of sp³-hybridized carbons (Fsp3) is 0.750. The van der Waals surface area contributed by atoms with Crippen molar-refractivity contribution in [3.8, 4) is 0 Å². The molecule has 0 saturated carbocycles. The summed E-state index contributed by atoms with van der Waals surface area (Å²) in [6.07, 6.45) is -1.07. The van der Waals surface area contributed by atoms with Gasteiger partial charge in [0.25, 0.3) is 0 Å². The molecule has 0 aromatic heterocycles. The van der Waals surface area contributed by atoms with E-state index in [2.05, 4.69) is 10.1 Å². The first kappa shape index (κ1) is 30.2. The Morgan fingerprint density at radius 1 is 0.727 bits per heavy atom. The van der Waals surface area contributed by atoms with Gasteiger partial charge in [0.15, 0.2) is 0 Å². The molecule has 0 aliphatic carbocycles. The predicted molar refractivity (Wildman–Crippen MR) is 111 cm³/mol. The minimum absolute atomic E-state index is 0.0988. The average molecular weight is 479 g/mol. The van der Waals surface area contributed by atoms with Gasteiger partial charge in [-0.1, -0.05) is 0 Å². The van der Waals surface area contributed by atoms with E-state index in [1.54, 1.807) is 0 Å². The minimum atomic E-state index is -1.08. The largest absolute Gasteiger partial charge is 0.481 e. The molecule has 0 aromatic carbocycles. The van der Waals surface area contributed by atoms with Crippen LogP contribution in [-0.4, -0.2) is 98.4 Å². The molecular formula is C20H33NO12. The van der Waals surface area contributed by atoms with E-state index >= 15 is 0 Å². The smallest absolute Gasteiger partial charge is 0.406 e. The van der Waals surface area contributed by atoms with Gasteiger partial charge in [-0.25, -0.2) is 4.79 Å². The number of alkyl carbamates (subject to hydrolysis) is 1. The van der Waals surface area contributed by atoms with E-state index < -0.39 is 29.4 Å². The van der Waals surface area contributed by atoms with Gasteiger partial charge in [-0.2, -0.15) is 0 Å². The molecule has 0 aromatic rings. The van der Waals surface area contributed by atoms with Crippen LogP contribution in [0.3, 0.4) is 0 Å². The SMILES string of the molecule is COC(=O)NCCCC(=O)CC(COCCC(=O)O)(COCCC(=O)O)COCCC(=O)O. The molecule has 0 bridgehead atoms. The molecule has 13 heteroatoms. The van der Waals surface area contributed by atoms with E-state index in [0.717, 1.165) is 0 Å². The van der Waals surface area contributed by atoms with Gasteiger partial charge in [0.1, 0.15) is 5.78 Å². The van der Waals surface area contributed by atoms with Crippen molar-refractivity contribution in [1.29, 1.82) is 0 Å². The third kappa shape index (κ3) is 17.5. The lowest BCUT2D eigenvalue weighted by Crippen LogP contribution is -2.40. The van der Waals surface area contributed by atoms with Gasteiger partial charge in [-0.3, -0.25) is 19.2 Å². The van der Waals surface area contributed by atoms with Crippen LogP contribution in [0, 0.1) is 5.41 Å². The molecular weight excluding hydrogens is 446 g/mol. The summed E-state index contributed by atoms with van der Waals surface area (Å²) in [4.78, 5) is 55.9. The number of aliphatic carboxylic acids is 3. The first-order chi connectivity index (χ1) is 15.6. The van der Waals surface area contributed by atoms with Crippen LogP contribution in [-0.2, 0) is 38.1 Å². The Morgan fingerprint density at radius 2 is 1.15 bits per heavy atom. The summed E-state index contributed by atoms with van der Waals surface area (Å²) >= 11 is 0. The number of ether oxygens (including phenoxy) is 4. The summed E-state index contributed by atoms with van der Waals surface area (Å²) < 4.78 is 20.8. The van der Waals surface area contributed by atoms with Gasteiger partial charge in [-0.05, 0) is 6.42 Å². The van der Waals surface area contributed by atoms with Crippen molar-refractivity contribution in [1.82, 2.24) is 5.32 Å². The molecule has 33 heavy (non-hydrogen) atoms. The van der Waals surface area contributed by atoms with Crippen LogP contribution in [0.5, 0.6) is 0 Å². The molecule has 0 spiro atoms. The van der Waals surface area contributed by atoms with Gasteiger partial charge in [0.2, 0.25) is 0 Å². The fourth-order valence-corrected chi connectivity index (χ4v) is 2.68. The summed E-state index contributed by atoms with van der Waals surface area (Å²) in [5, 5.41) is 28.8. The number of carboxylic acids is 3. The van der Waals surface area contributed by atoms with E-state index in [0.29, 0.717) is 6.42 Å². The number of carbonyl (C=O) groups excluding carboxylic acids is 2. The average Bonchev–Trinajstić information content (AvgIpc) is 2.74. The number of amides is 1. The zero-order valence-electron chi connectivity index (χ0n) is 18.7. The lowest BCUT2D eigenvalue weighted by atomic mass is 9.84. The van der Waals surface area contributed by atoms with Crippen molar-refractivity contribution in [2.24, 2.45) is 5.41 Å². The number of Topliss-reactive ketones (excluding diaryl/α,β-unsaturated/α-hetero) is 1. The number of hydrogen-bond donors (Lipinski definition) is 4. The van der Waals surface area contributed by atoms with Crippen molar-refractivity contribution in [3.63, 3.8) is 0 Å². The molecule has 0 heterocycles. The van der Waals surface area contributed by atoms with Crippen LogP contribution >= 0.6 is 0 Å². The van der Waals surface area contributed by atoms with Gasteiger partial charge in [0.05, 0.1) is 66.0 Å². The quantitative estimate of drug-likeness (QED) is 0.167. The summed E-state index contributed by atoms with van der Waals surface area (Å²) in [6.45, 7) is -0.522. The van der Waals surface area contributed by atoms with E-state index in [9.17, 15) is 24.0 Å². The second-order valence-electron chi connectivity index (χ2n) is 7.33. The third-order valence-electron chi connectivity index (χ3n) is 4.26. The minimum Gasteiger partial charge on any atom is -0.481 e. The van der Waals surface area contributed by atoms with E-state index in [4.69, 9.17) is 29.5 Å². The molecule has 13 nitrogen and oxygen atoms in total. The van der Waals surface area contributed by atoms with Crippen LogP contribution < -0.4 is 5.32 Å². The molecule has 0 aliphatic rings. The second kappa shape index (κ2) is 17.7. The fourth-order valence-electron chi connectivity index (χ4n) is 2.68. The third-order valence-corrected chi connectivity index (χ3v) is 4.26. The number of rotatable bonds is 21. The van der Waals surface area contributed by atoms with Gasteiger partial charge in [-0.15, -0.1) is 0 Å². The maximum atomic E-state index is 12.6. The van der Waals surface area contributed by atoms with Crippen LogP contribution in [0.4, 0.5) is 4.79 Å². The summed E-state index contributed by atoms with van der Waals surface area (Å²) in [6, 6.07) is 0. The molecule has 4 N–H and O–H groups in total. The first-order valence-electron chi connectivity index (χ1n) is 10.3. The zero-order valence-corrected chi connectivity index (χ0v) is 18.7. The maximum absolute atomic E-state index is 12.6. The van der Waals surface area contributed by atoms with E-state index in [1.165, 1.54) is 7.11 Å². The Hall–Kier alpha value is -2.77. The Kier molecular flexibility index (Phi) is 16.3. The zero-order chi connectivity index (χ0) is 25.1. The summed E-state index contributed by atoms with van der Waals surface area (Å²) in [5.41, 5.74) is -1.08. The van der Waals surface area contributed by atoms with Crippen molar-refractivity contribution in [2.75, 3.05) is 53.3 Å². The molecule has 0 rings (SSSR count). The Morgan fingerprint density at radius 3 is 1.52 bits per heavy atom. The molecule has 0 atom stereocenters. The Labute approximate surface area is 191 Å². The number of carboxylic acid groups (broad SMARTS) is 3. The highest BCUT2D eigenvalue weighted by molar-refractivity contribution is 5.79. The maximum Gasteiger partial charge on any atom is 0.406 e. The van der Waals surface area contributed by atoms with Crippen molar-refractivity contribution in [3.05, 3.63) is 0 Å². The highest BCUT2D eigenvalue weighted by atomic mass is 16.5. The molecule has 0 saturated heterocycles. The monoisotopic (exact) mass is 479 g/mol. The summed E-state index contributed by atoms with van der Waals surface area (Å²) in [7, 11) is 1.22. The van der Waals surface area contributed by atoms with Crippen LogP contribution in [0.1, 0.15) is 38.5 Å². The number of methoxy groups -OCH3 is 1. The second-order valence-corrected chi connectivity index (χ2v) is 7.33. The molecule has 0 aliphatic heterocycles. The number of ketones is 1. The molecule has 190 valence electrons. The number of carbonyl (C=O) groups is 5. The highest BCUT2D eigenvalue weighted by Gasteiger charge is 2.34. The van der Waals surface area contributed by atoms with Gasteiger partial charge in [0, 0.05) is 24.8 Å². The number of nitrogens with one attached hydrogen (secondary N) is 1. The molecule has 0 radical (unpaired) electrons. The lowest BCUT2D eigenvalue weighted by Gasteiger charge is -2.32. The topological polar surface area (TPSA) is 195 Å². The Balaban J connectivity index is 5.13. The van der Waals surface area contributed by atoms with Gasteiger partial charge >= 0.3 is 24.0 Å². The van der Waals surface area contributed by atoms with Crippen LogP contribution in [0.25, 0.3) is 0 Å². The molecule has 0 unspecified atom stereocenters. The van der Waals surface area contributed by atoms with Crippen molar-refractivity contribution < 1.29 is 58.2 Å². The molecule has 1 amide bonds. The van der Waals surface area contributed by atoms with Gasteiger partial charge < -0.3 is 39.6 Å². The normalized spacial score (nSPS) is 11.1. The van der Waals surface area contributed by atoms with Crippen LogP contribution in [0.15, 0.2) is 0 Å². The highest BCUT2D eigenvalue weighted by Crippen LogP contribution is 2.26. The number of hydrogen-bond acceptors (Lipinski definition) is 9.